The van der Waals surface area contributed by atoms with Gasteiger partial charge >= 0.3 is 0 Å². The van der Waals surface area contributed by atoms with Crippen molar-refractivity contribution < 1.29 is 4.74 Å². The summed E-state index contributed by atoms with van der Waals surface area (Å²) in [6, 6.07) is 2.34. The molecule has 2 rings (SSSR count). The first-order valence-electron chi connectivity index (χ1n) is 4.08. The molecule has 1 aliphatic heterocycles. The molecule has 0 saturated carbocycles. The molecule has 12 heavy (non-hydrogen) atoms. The molecule has 1 atom stereocenters. The fourth-order valence-corrected chi connectivity index (χ4v) is 1.33. The van der Waals surface area contributed by atoms with Gasteiger partial charge in [-0.2, -0.15) is 5.10 Å². The minimum Gasteiger partial charge on any atom is -0.476 e. The van der Waals surface area contributed by atoms with Gasteiger partial charge in [-0.05, 0) is 14.1 Å². The van der Waals surface area contributed by atoms with Crippen LogP contribution in [-0.4, -0.2) is 41.4 Å². The van der Waals surface area contributed by atoms with Crippen molar-refractivity contribution in [3.05, 3.63) is 12.3 Å². The van der Waals surface area contributed by atoms with Crippen molar-refractivity contribution in [2.24, 2.45) is 0 Å². The Morgan fingerprint density at radius 3 is 3.25 bits per heavy atom. The maximum Gasteiger partial charge on any atom is 0.211 e. The Bertz CT molecular complexity index is 269. The summed E-state index contributed by atoms with van der Waals surface area (Å²) in [6.45, 7) is 1.69. The number of rotatable bonds is 1. The van der Waals surface area contributed by atoms with Gasteiger partial charge < -0.3 is 9.64 Å². The monoisotopic (exact) mass is 167 g/mol. The third kappa shape index (κ3) is 1.18. The van der Waals surface area contributed by atoms with E-state index in [-0.39, 0.29) is 0 Å². The summed E-state index contributed by atoms with van der Waals surface area (Å²) in [5.74, 6) is 0.883. The lowest BCUT2D eigenvalue weighted by Crippen LogP contribution is -2.40. The molecule has 0 aromatic carbocycles. The second-order valence-electron chi connectivity index (χ2n) is 3.28. The maximum absolute atomic E-state index is 5.50. The summed E-state index contributed by atoms with van der Waals surface area (Å²) in [6.07, 6.45) is 1.77. The van der Waals surface area contributed by atoms with E-state index in [4.69, 9.17) is 4.74 Å². The molecule has 4 nitrogen and oxygen atoms in total. The van der Waals surface area contributed by atoms with Crippen molar-refractivity contribution in [3.8, 4) is 5.88 Å². The van der Waals surface area contributed by atoms with Crippen molar-refractivity contribution in [2.75, 3.05) is 20.7 Å². The molecule has 0 N–H and O–H groups in total. The molecular weight excluding hydrogens is 154 g/mol. The zero-order valence-electron chi connectivity index (χ0n) is 7.40. The van der Waals surface area contributed by atoms with Crippen LogP contribution in [0.4, 0.5) is 0 Å². The highest BCUT2D eigenvalue weighted by molar-refractivity contribution is 5.09. The van der Waals surface area contributed by atoms with Crippen molar-refractivity contribution in [1.29, 1.82) is 0 Å². The lowest BCUT2D eigenvalue weighted by atomic mass is 10.3. The first-order valence-corrected chi connectivity index (χ1v) is 4.08. The number of ether oxygens (including phenoxy) is 1. The van der Waals surface area contributed by atoms with Crippen molar-refractivity contribution in [3.63, 3.8) is 0 Å². The van der Waals surface area contributed by atoms with Gasteiger partial charge in [-0.15, -0.1) is 0 Å². The second-order valence-corrected chi connectivity index (χ2v) is 3.28. The van der Waals surface area contributed by atoms with Gasteiger partial charge in [0.15, 0.2) is 0 Å². The average Bonchev–Trinajstić information content (AvgIpc) is 2.49. The van der Waals surface area contributed by atoms with Gasteiger partial charge in [0.1, 0.15) is 6.61 Å². The minimum atomic E-state index is 0.442. The van der Waals surface area contributed by atoms with Crippen LogP contribution in [-0.2, 0) is 6.54 Å². The molecule has 4 heteroatoms. The van der Waals surface area contributed by atoms with Crippen LogP contribution in [0.3, 0.4) is 0 Å². The first kappa shape index (κ1) is 7.61. The van der Waals surface area contributed by atoms with E-state index in [9.17, 15) is 0 Å². The summed E-state index contributed by atoms with van der Waals surface area (Å²) in [5, 5.41) is 4.15. The molecule has 1 aromatic heterocycles. The topological polar surface area (TPSA) is 30.3 Å². The van der Waals surface area contributed by atoms with Crippen LogP contribution in [0.2, 0.25) is 0 Å². The predicted molar refractivity (Wildman–Crippen MR) is 45.2 cm³/mol. The van der Waals surface area contributed by atoms with E-state index in [1.54, 1.807) is 6.20 Å². The zero-order valence-corrected chi connectivity index (χ0v) is 7.40. The SMILES string of the molecule is CN(C)C1COc2ccnn2C1. The van der Waals surface area contributed by atoms with Gasteiger partial charge in [0.2, 0.25) is 5.88 Å². The van der Waals surface area contributed by atoms with Gasteiger partial charge in [-0.3, -0.25) is 0 Å². The molecular formula is C8H13N3O. The third-order valence-corrected chi connectivity index (χ3v) is 2.22. The highest BCUT2D eigenvalue weighted by atomic mass is 16.5. The highest BCUT2D eigenvalue weighted by Gasteiger charge is 2.20. The van der Waals surface area contributed by atoms with Crippen molar-refractivity contribution in [2.45, 2.75) is 12.6 Å². The molecule has 0 saturated heterocycles. The van der Waals surface area contributed by atoms with Crippen LogP contribution in [0.15, 0.2) is 12.3 Å². The normalized spacial score (nSPS) is 22.1. The van der Waals surface area contributed by atoms with Crippen molar-refractivity contribution in [1.82, 2.24) is 14.7 Å². The van der Waals surface area contributed by atoms with Crippen LogP contribution in [0, 0.1) is 0 Å². The third-order valence-electron chi connectivity index (χ3n) is 2.22. The largest absolute Gasteiger partial charge is 0.476 e. The van der Waals surface area contributed by atoms with E-state index < -0.39 is 0 Å². The van der Waals surface area contributed by atoms with Gasteiger partial charge in [-0.25, -0.2) is 4.68 Å². The number of nitrogens with zero attached hydrogens (tertiary/aromatic N) is 3. The van der Waals surface area contributed by atoms with Crippen LogP contribution in [0.1, 0.15) is 0 Å². The van der Waals surface area contributed by atoms with Gasteiger partial charge in [-0.1, -0.05) is 0 Å². The number of aromatic nitrogens is 2. The molecule has 2 heterocycles. The second kappa shape index (κ2) is 2.79. The molecule has 66 valence electrons. The highest BCUT2D eigenvalue weighted by Crippen LogP contribution is 2.16. The fraction of sp³-hybridized carbons (Fsp3) is 0.625. The quantitative estimate of drug-likeness (QED) is 0.599. The van der Waals surface area contributed by atoms with E-state index in [0.29, 0.717) is 6.04 Å². The summed E-state index contributed by atoms with van der Waals surface area (Å²) >= 11 is 0. The molecule has 1 aliphatic rings. The van der Waals surface area contributed by atoms with E-state index in [0.717, 1.165) is 19.0 Å². The van der Waals surface area contributed by atoms with Crippen LogP contribution in [0.5, 0.6) is 5.88 Å². The van der Waals surface area contributed by atoms with Gasteiger partial charge in [0, 0.05) is 6.07 Å². The average molecular weight is 167 g/mol. The molecule has 0 aliphatic carbocycles. The molecule has 0 spiro atoms. The molecule has 0 fully saturated rings. The summed E-state index contributed by atoms with van der Waals surface area (Å²) in [7, 11) is 4.12. The summed E-state index contributed by atoms with van der Waals surface area (Å²) in [4.78, 5) is 2.16. The Morgan fingerprint density at radius 2 is 2.50 bits per heavy atom. The summed E-state index contributed by atoms with van der Waals surface area (Å²) < 4.78 is 7.39. The van der Waals surface area contributed by atoms with E-state index >= 15 is 0 Å². The lowest BCUT2D eigenvalue weighted by Gasteiger charge is -2.28. The number of hydrogen-bond donors (Lipinski definition) is 0. The Hall–Kier alpha value is -1.03. The van der Waals surface area contributed by atoms with Crippen molar-refractivity contribution >= 4 is 0 Å². The van der Waals surface area contributed by atoms with E-state index in [1.165, 1.54) is 0 Å². The Balaban J connectivity index is 2.15. The minimum absolute atomic E-state index is 0.442. The Kier molecular flexibility index (Phi) is 1.77. The molecule has 0 radical (unpaired) electrons. The number of hydrogen-bond acceptors (Lipinski definition) is 3. The van der Waals surface area contributed by atoms with E-state index in [1.807, 2.05) is 10.7 Å². The zero-order chi connectivity index (χ0) is 8.55. The molecule has 0 bridgehead atoms. The predicted octanol–water partition coefficient (Wildman–Crippen LogP) is 0.206. The lowest BCUT2D eigenvalue weighted by molar-refractivity contribution is 0.120. The summed E-state index contributed by atoms with van der Waals surface area (Å²) in [5.41, 5.74) is 0. The molecule has 1 unspecified atom stereocenters. The molecule has 0 amide bonds. The first-order chi connectivity index (χ1) is 5.77. The molecule has 1 aromatic rings. The standard InChI is InChI=1S/C8H13N3O/c1-10(2)7-5-11-8(12-6-7)3-4-9-11/h3-4,7H,5-6H2,1-2H3. The number of fused-ring (bicyclic) bond motifs is 1. The van der Waals surface area contributed by atoms with Crippen LogP contribution >= 0.6 is 0 Å². The Labute approximate surface area is 71.7 Å². The smallest absolute Gasteiger partial charge is 0.211 e. The van der Waals surface area contributed by atoms with Gasteiger partial charge in [0.25, 0.3) is 0 Å². The number of likely N-dealkylation sites (N-methyl/N-ethyl adjacent to an activating group) is 1. The van der Waals surface area contributed by atoms with Gasteiger partial charge in [0.05, 0.1) is 18.8 Å². The Morgan fingerprint density at radius 1 is 1.67 bits per heavy atom. The van der Waals surface area contributed by atoms with Crippen LogP contribution < -0.4 is 4.74 Å². The van der Waals surface area contributed by atoms with Crippen LogP contribution in [0.25, 0.3) is 0 Å². The van der Waals surface area contributed by atoms with E-state index in [2.05, 4.69) is 24.1 Å². The maximum atomic E-state index is 5.50. The fourth-order valence-electron chi connectivity index (χ4n) is 1.33.